The van der Waals surface area contributed by atoms with Crippen molar-refractivity contribution in [2.45, 2.75) is 44.6 Å². The molecule has 1 saturated carbocycles. The molecule has 4 nitrogen and oxygen atoms in total. The first-order valence-electron chi connectivity index (χ1n) is 6.78. The highest BCUT2D eigenvalue weighted by atomic mass is 79.9. The van der Waals surface area contributed by atoms with Gasteiger partial charge in [0.2, 0.25) is 0 Å². The zero-order valence-corrected chi connectivity index (χ0v) is 12.5. The van der Waals surface area contributed by atoms with Gasteiger partial charge in [-0.15, -0.1) is 0 Å². The van der Waals surface area contributed by atoms with Crippen LogP contribution >= 0.6 is 15.9 Å². The smallest absolute Gasteiger partial charge is 0.258 e. The summed E-state index contributed by atoms with van der Waals surface area (Å²) >= 11 is 3.25. The number of halogens is 1. The van der Waals surface area contributed by atoms with Crippen LogP contribution in [0, 0.1) is 0 Å². The summed E-state index contributed by atoms with van der Waals surface area (Å²) in [6.07, 6.45) is 8.77. The van der Waals surface area contributed by atoms with Crippen LogP contribution in [0.15, 0.2) is 22.9 Å². The molecule has 1 heterocycles. The summed E-state index contributed by atoms with van der Waals surface area (Å²) in [6.45, 7) is 0.0554. The molecule has 2 rings (SSSR count). The molecule has 0 saturated heterocycles. The average molecular weight is 327 g/mol. The Labute approximate surface area is 122 Å². The van der Waals surface area contributed by atoms with E-state index in [1.807, 2.05) is 0 Å². The number of nitrogens with zero attached hydrogens (tertiary/aromatic N) is 1. The molecule has 0 unspecified atom stereocenters. The lowest BCUT2D eigenvalue weighted by molar-refractivity contribution is -0.123. The average Bonchev–Trinajstić information content (AvgIpc) is 2.67. The van der Waals surface area contributed by atoms with E-state index in [9.17, 15) is 4.79 Å². The van der Waals surface area contributed by atoms with E-state index in [2.05, 4.69) is 26.2 Å². The molecule has 1 fully saturated rings. The lowest BCUT2D eigenvalue weighted by Crippen LogP contribution is -2.37. The van der Waals surface area contributed by atoms with Crippen molar-refractivity contribution < 1.29 is 9.53 Å². The van der Waals surface area contributed by atoms with Gasteiger partial charge in [-0.1, -0.05) is 25.7 Å². The Balaban J connectivity index is 1.73. The number of carbonyl (C=O) groups excluding carboxylic acids is 1. The van der Waals surface area contributed by atoms with Gasteiger partial charge in [0.05, 0.1) is 6.20 Å². The molecule has 0 atom stereocenters. The van der Waals surface area contributed by atoms with Gasteiger partial charge in [-0.2, -0.15) is 0 Å². The van der Waals surface area contributed by atoms with Crippen LogP contribution in [-0.2, 0) is 4.79 Å². The van der Waals surface area contributed by atoms with E-state index in [1.165, 1.54) is 25.7 Å². The molecule has 1 aromatic heterocycles. The van der Waals surface area contributed by atoms with E-state index in [4.69, 9.17) is 4.74 Å². The van der Waals surface area contributed by atoms with Gasteiger partial charge in [-0.25, -0.2) is 4.98 Å². The van der Waals surface area contributed by atoms with Crippen LogP contribution < -0.4 is 10.1 Å². The molecule has 0 spiro atoms. The number of ether oxygens (including phenoxy) is 1. The minimum Gasteiger partial charge on any atom is -0.482 e. The SMILES string of the molecule is O=C(COc1ccc(Br)nc1)NC1CCCCCC1. The normalized spacial score (nSPS) is 16.7. The van der Waals surface area contributed by atoms with Crippen molar-refractivity contribution >= 4 is 21.8 Å². The number of amides is 1. The molecule has 0 bridgehead atoms. The van der Waals surface area contributed by atoms with E-state index in [0.29, 0.717) is 11.8 Å². The first-order chi connectivity index (χ1) is 9.24. The Bertz CT molecular complexity index is 400. The maximum absolute atomic E-state index is 11.8. The molecule has 5 heteroatoms. The molecule has 1 aliphatic rings. The van der Waals surface area contributed by atoms with Crippen molar-refractivity contribution in [2.24, 2.45) is 0 Å². The summed E-state index contributed by atoms with van der Waals surface area (Å²) in [5, 5.41) is 3.05. The summed E-state index contributed by atoms with van der Waals surface area (Å²) < 4.78 is 6.15. The number of rotatable bonds is 4. The predicted octanol–water partition coefficient (Wildman–Crippen LogP) is 3.06. The number of hydrogen-bond donors (Lipinski definition) is 1. The third kappa shape index (κ3) is 5.19. The molecule has 0 aliphatic heterocycles. The fourth-order valence-electron chi connectivity index (χ4n) is 2.29. The standard InChI is InChI=1S/C14H19BrN2O2/c15-13-8-7-12(9-16-13)19-10-14(18)17-11-5-3-1-2-4-6-11/h7-9,11H,1-6,10H2,(H,17,18). The van der Waals surface area contributed by atoms with E-state index in [1.54, 1.807) is 18.3 Å². The molecular weight excluding hydrogens is 308 g/mol. The highest BCUT2D eigenvalue weighted by molar-refractivity contribution is 9.10. The summed E-state index contributed by atoms with van der Waals surface area (Å²) in [4.78, 5) is 15.8. The second-order valence-corrected chi connectivity index (χ2v) is 5.67. The molecule has 104 valence electrons. The third-order valence-electron chi connectivity index (χ3n) is 3.29. The number of nitrogens with one attached hydrogen (secondary N) is 1. The third-order valence-corrected chi connectivity index (χ3v) is 3.76. The Morgan fingerprint density at radius 3 is 2.68 bits per heavy atom. The zero-order valence-electron chi connectivity index (χ0n) is 10.9. The van der Waals surface area contributed by atoms with Gasteiger partial charge in [0, 0.05) is 6.04 Å². The van der Waals surface area contributed by atoms with Gasteiger partial charge >= 0.3 is 0 Å². The Kier molecular flexibility index (Phi) is 5.63. The summed E-state index contributed by atoms with van der Waals surface area (Å²) in [7, 11) is 0. The lowest BCUT2D eigenvalue weighted by atomic mass is 10.1. The molecule has 19 heavy (non-hydrogen) atoms. The van der Waals surface area contributed by atoms with Gasteiger partial charge in [0.1, 0.15) is 10.4 Å². The van der Waals surface area contributed by atoms with Gasteiger partial charge in [0.15, 0.2) is 6.61 Å². The highest BCUT2D eigenvalue weighted by Crippen LogP contribution is 2.17. The number of hydrogen-bond acceptors (Lipinski definition) is 3. The van der Waals surface area contributed by atoms with Crippen LogP contribution in [0.2, 0.25) is 0 Å². The van der Waals surface area contributed by atoms with Crippen LogP contribution in [0.1, 0.15) is 38.5 Å². The molecule has 0 aromatic carbocycles. The van der Waals surface area contributed by atoms with E-state index in [-0.39, 0.29) is 12.5 Å². The lowest BCUT2D eigenvalue weighted by Gasteiger charge is -2.16. The largest absolute Gasteiger partial charge is 0.482 e. The highest BCUT2D eigenvalue weighted by Gasteiger charge is 2.14. The van der Waals surface area contributed by atoms with Crippen LogP contribution in [0.4, 0.5) is 0 Å². The topological polar surface area (TPSA) is 51.2 Å². The van der Waals surface area contributed by atoms with Crippen LogP contribution in [-0.4, -0.2) is 23.5 Å². The Morgan fingerprint density at radius 1 is 1.32 bits per heavy atom. The van der Waals surface area contributed by atoms with Crippen molar-refractivity contribution in [2.75, 3.05) is 6.61 Å². The minimum absolute atomic E-state index is 0.0465. The van der Waals surface area contributed by atoms with Crippen molar-refractivity contribution in [3.05, 3.63) is 22.9 Å². The maximum Gasteiger partial charge on any atom is 0.258 e. The fourth-order valence-corrected chi connectivity index (χ4v) is 2.52. The van der Waals surface area contributed by atoms with Crippen LogP contribution in [0.5, 0.6) is 5.75 Å². The second kappa shape index (κ2) is 7.48. The molecule has 1 aliphatic carbocycles. The van der Waals surface area contributed by atoms with Crippen LogP contribution in [0.3, 0.4) is 0 Å². The quantitative estimate of drug-likeness (QED) is 0.683. The van der Waals surface area contributed by atoms with Crippen molar-refractivity contribution in [3.63, 3.8) is 0 Å². The van der Waals surface area contributed by atoms with Gasteiger partial charge < -0.3 is 10.1 Å². The molecular formula is C14H19BrN2O2. The fraction of sp³-hybridized carbons (Fsp3) is 0.571. The number of carbonyl (C=O) groups is 1. The van der Waals surface area contributed by atoms with Crippen LogP contribution in [0.25, 0.3) is 0 Å². The maximum atomic E-state index is 11.8. The molecule has 1 N–H and O–H groups in total. The van der Waals surface area contributed by atoms with Crippen molar-refractivity contribution in [3.8, 4) is 5.75 Å². The van der Waals surface area contributed by atoms with Gasteiger partial charge in [-0.05, 0) is 40.9 Å². The zero-order chi connectivity index (χ0) is 13.5. The molecule has 0 radical (unpaired) electrons. The monoisotopic (exact) mass is 326 g/mol. The van der Waals surface area contributed by atoms with Crippen molar-refractivity contribution in [1.82, 2.24) is 10.3 Å². The predicted molar refractivity (Wildman–Crippen MR) is 77.1 cm³/mol. The number of aromatic nitrogens is 1. The summed E-state index contributed by atoms with van der Waals surface area (Å²) in [5.74, 6) is 0.564. The minimum atomic E-state index is -0.0465. The second-order valence-electron chi connectivity index (χ2n) is 4.86. The first-order valence-corrected chi connectivity index (χ1v) is 7.57. The Morgan fingerprint density at radius 2 is 2.05 bits per heavy atom. The Hall–Kier alpha value is -1.10. The number of pyridine rings is 1. The first kappa shape index (κ1) is 14.3. The summed E-state index contributed by atoms with van der Waals surface area (Å²) in [5.41, 5.74) is 0. The van der Waals surface area contributed by atoms with E-state index >= 15 is 0 Å². The molecule has 1 amide bonds. The summed E-state index contributed by atoms with van der Waals surface area (Å²) in [6, 6.07) is 3.90. The van der Waals surface area contributed by atoms with E-state index in [0.717, 1.165) is 17.4 Å². The van der Waals surface area contributed by atoms with E-state index < -0.39 is 0 Å². The van der Waals surface area contributed by atoms with Gasteiger partial charge in [0.25, 0.3) is 5.91 Å². The van der Waals surface area contributed by atoms with Gasteiger partial charge in [-0.3, -0.25) is 4.79 Å². The van der Waals surface area contributed by atoms with Crippen molar-refractivity contribution in [1.29, 1.82) is 0 Å². The molecule has 1 aromatic rings.